The first-order chi connectivity index (χ1) is 17.3. The Labute approximate surface area is 211 Å². The predicted octanol–water partition coefficient (Wildman–Crippen LogP) is 5.46. The Morgan fingerprint density at radius 3 is 2.33 bits per heavy atom. The van der Waals surface area contributed by atoms with Gasteiger partial charge in [0.1, 0.15) is 4.90 Å². The van der Waals surface area contributed by atoms with Crippen LogP contribution in [0.15, 0.2) is 53.7 Å². The van der Waals surface area contributed by atoms with Crippen molar-refractivity contribution in [1.82, 2.24) is 9.97 Å². The minimum absolute atomic E-state index is 0.00815. The van der Waals surface area contributed by atoms with Gasteiger partial charge in [0.15, 0.2) is 27.2 Å². The molecular formula is C27H31F2N3O3S. The minimum Gasteiger partial charge on any atom is -0.487 e. The van der Waals surface area contributed by atoms with Crippen LogP contribution in [0.3, 0.4) is 0 Å². The number of rotatable bonds is 9. The summed E-state index contributed by atoms with van der Waals surface area (Å²) in [6, 6.07) is 9.48. The molecule has 0 saturated carbocycles. The van der Waals surface area contributed by atoms with E-state index in [9.17, 15) is 8.42 Å². The fraction of sp³-hybridized carbons (Fsp3) is 0.407. The molecule has 0 radical (unpaired) electrons. The van der Waals surface area contributed by atoms with E-state index in [1.807, 2.05) is 19.3 Å². The van der Waals surface area contributed by atoms with Crippen molar-refractivity contribution in [2.24, 2.45) is 5.92 Å². The van der Waals surface area contributed by atoms with Crippen molar-refractivity contribution in [2.75, 3.05) is 30.3 Å². The lowest BCUT2D eigenvalue weighted by atomic mass is 9.98. The van der Waals surface area contributed by atoms with Crippen LogP contribution in [0.25, 0.3) is 11.1 Å². The third kappa shape index (κ3) is 5.67. The molecule has 0 atom stereocenters. The zero-order valence-electron chi connectivity index (χ0n) is 20.6. The molecule has 9 heteroatoms. The molecule has 0 spiro atoms. The summed E-state index contributed by atoms with van der Waals surface area (Å²) < 4.78 is 62.3. The van der Waals surface area contributed by atoms with Crippen LogP contribution < -0.4 is 9.64 Å². The van der Waals surface area contributed by atoms with E-state index >= 15 is 8.78 Å². The molecule has 0 amide bonds. The first-order valence-corrected chi connectivity index (χ1v) is 14.0. The molecule has 36 heavy (non-hydrogen) atoms. The number of aryl methyl sites for hydroxylation is 1. The topological polar surface area (TPSA) is 72.4 Å². The van der Waals surface area contributed by atoms with Gasteiger partial charge in [-0.2, -0.15) is 0 Å². The summed E-state index contributed by atoms with van der Waals surface area (Å²) in [6.45, 7) is 5.25. The molecule has 1 fully saturated rings. The molecule has 6 nitrogen and oxygen atoms in total. The normalized spacial score (nSPS) is 14.7. The van der Waals surface area contributed by atoms with Gasteiger partial charge in [-0.1, -0.05) is 44.2 Å². The van der Waals surface area contributed by atoms with Crippen molar-refractivity contribution in [3.63, 3.8) is 0 Å². The van der Waals surface area contributed by atoms with Gasteiger partial charge in [0.2, 0.25) is 5.95 Å². The van der Waals surface area contributed by atoms with Crippen LogP contribution in [-0.4, -0.2) is 43.8 Å². The third-order valence-electron chi connectivity index (χ3n) is 6.46. The molecule has 1 aromatic heterocycles. The molecule has 0 N–H and O–H groups in total. The monoisotopic (exact) mass is 515 g/mol. The van der Waals surface area contributed by atoms with Crippen molar-refractivity contribution in [2.45, 2.75) is 44.4 Å². The van der Waals surface area contributed by atoms with Crippen LogP contribution in [0.5, 0.6) is 5.75 Å². The lowest BCUT2D eigenvalue weighted by Gasteiger charge is -2.32. The summed E-state index contributed by atoms with van der Waals surface area (Å²) in [4.78, 5) is 10.4. The Balaban J connectivity index is 1.52. The van der Waals surface area contributed by atoms with Crippen molar-refractivity contribution < 1.29 is 21.9 Å². The van der Waals surface area contributed by atoms with E-state index < -0.39 is 32.1 Å². The molecule has 2 aromatic carbocycles. The maximum absolute atomic E-state index is 15.6. The molecule has 2 heterocycles. The van der Waals surface area contributed by atoms with Crippen LogP contribution >= 0.6 is 0 Å². The smallest absolute Gasteiger partial charge is 0.225 e. The van der Waals surface area contributed by atoms with Crippen LogP contribution in [0, 0.1) is 17.6 Å². The van der Waals surface area contributed by atoms with E-state index in [0.29, 0.717) is 31.0 Å². The van der Waals surface area contributed by atoms with Crippen LogP contribution in [-0.2, 0) is 16.3 Å². The SMILES string of the molecule is CCCS(=O)(=O)c1c(-c2ccccc2)cc(F)c(OCC2CCN(c3ncc(CC)cn3)CC2)c1F. The van der Waals surface area contributed by atoms with Gasteiger partial charge in [-0.05, 0) is 48.8 Å². The summed E-state index contributed by atoms with van der Waals surface area (Å²) in [6.07, 6.45) is 6.32. The summed E-state index contributed by atoms with van der Waals surface area (Å²) in [7, 11) is -3.99. The number of ether oxygens (including phenoxy) is 1. The third-order valence-corrected chi connectivity index (χ3v) is 8.43. The van der Waals surface area contributed by atoms with Crippen LogP contribution in [0.4, 0.5) is 14.7 Å². The van der Waals surface area contributed by atoms with E-state index in [-0.39, 0.29) is 23.8 Å². The molecule has 1 aliphatic rings. The summed E-state index contributed by atoms with van der Waals surface area (Å²) >= 11 is 0. The highest BCUT2D eigenvalue weighted by Gasteiger charge is 2.30. The summed E-state index contributed by atoms with van der Waals surface area (Å²) in [5.41, 5.74) is 1.51. The quantitative estimate of drug-likeness (QED) is 0.352. The molecule has 1 aliphatic heterocycles. The largest absolute Gasteiger partial charge is 0.487 e. The molecule has 0 aliphatic carbocycles. The summed E-state index contributed by atoms with van der Waals surface area (Å²) in [5, 5.41) is 0. The Morgan fingerprint density at radius 1 is 1.06 bits per heavy atom. The molecule has 3 aromatic rings. The zero-order valence-corrected chi connectivity index (χ0v) is 21.4. The number of hydrogen-bond acceptors (Lipinski definition) is 6. The standard InChI is InChI=1S/C27H31F2N3O3S/c1-3-14-36(33,34)26-22(21-8-6-5-7-9-21)15-23(28)25(24(26)29)35-18-20-10-12-32(13-11-20)27-30-16-19(4-2)17-31-27/h5-9,15-17,20H,3-4,10-14,18H2,1-2H3. The average molecular weight is 516 g/mol. The van der Waals surface area contributed by atoms with Gasteiger partial charge < -0.3 is 9.64 Å². The molecule has 192 valence electrons. The van der Waals surface area contributed by atoms with Crippen molar-refractivity contribution >= 4 is 15.8 Å². The number of aromatic nitrogens is 2. The Morgan fingerprint density at radius 2 is 1.72 bits per heavy atom. The van der Waals surface area contributed by atoms with Gasteiger partial charge in [0, 0.05) is 31.0 Å². The molecule has 0 unspecified atom stereocenters. The van der Waals surface area contributed by atoms with E-state index in [1.54, 1.807) is 37.3 Å². The number of halogens is 2. The maximum atomic E-state index is 15.6. The number of hydrogen-bond donors (Lipinski definition) is 0. The zero-order chi connectivity index (χ0) is 25.7. The van der Waals surface area contributed by atoms with E-state index in [2.05, 4.69) is 14.9 Å². The fourth-order valence-corrected chi connectivity index (χ4v) is 6.04. The second kappa shape index (κ2) is 11.3. The number of sulfone groups is 1. The molecule has 4 rings (SSSR count). The number of benzene rings is 2. The molecule has 0 bridgehead atoms. The van der Waals surface area contributed by atoms with E-state index in [1.165, 1.54) is 0 Å². The highest BCUT2D eigenvalue weighted by molar-refractivity contribution is 7.91. The lowest BCUT2D eigenvalue weighted by molar-refractivity contribution is 0.205. The highest BCUT2D eigenvalue weighted by atomic mass is 32.2. The van der Waals surface area contributed by atoms with Crippen LogP contribution in [0.2, 0.25) is 0 Å². The van der Waals surface area contributed by atoms with Crippen LogP contribution in [0.1, 0.15) is 38.7 Å². The minimum atomic E-state index is -3.99. The first-order valence-electron chi connectivity index (χ1n) is 12.3. The van der Waals surface area contributed by atoms with E-state index in [0.717, 1.165) is 30.9 Å². The second-order valence-corrected chi connectivity index (χ2v) is 11.1. The van der Waals surface area contributed by atoms with Gasteiger partial charge in [0.05, 0.1) is 12.4 Å². The van der Waals surface area contributed by atoms with Crippen molar-refractivity contribution in [3.8, 4) is 16.9 Å². The number of nitrogens with zero attached hydrogens (tertiary/aromatic N) is 3. The first kappa shape index (κ1) is 26.0. The van der Waals surface area contributed by atoms with Gasteiger partial charge in [-0.3, -0.25) is 0 Å². The maximum Gasteiger partial charge on any atom is 0.225 e. The number of piperidine rings is 1. The Kier molecular flexibility index (Phi) is 8.18. The predicted molar refractivity (Wildman–Crippen MR) is 136 cm³/mol. The van der Waals surface area contributed by atoms with Gasteiger partial charge >= 0.3 is 0 Å². The van der Waals surface area contributed by atoms with Gasteiger partial charge in [0.25, 0.3) is 0 Å². The average Bonchev–Trinajstić information content (AvgIpc) is 2.89. The van der Waals surface area contributed by atoms with Gasteiger partial charge in [-0.25, -0.2) is 27.2 Å². The summed E-state index contributed by atoms with van der Waals surface area (Å²) in [5.74, 6) is -2.21. The Bertz CT molecular complexity index is 1280. The lowest BCUT2D eigenvalue weighted by Crippen LogP contribution is -2.36. The van der Waals surface area contributed by atoms with Gasteiger partial charge in [-0.15, -0.1) is 0 Å². The van der Waals surface area contributed by atoms with Crippen molar-refractivity contribution in [1.29, 1.82) is 0 Å². The van der Waals surface area contributed by atoms with E-state index in [4.69, 9.17) is 4.74 Å². The second-order valence-electron chi connectivity index (χ2n) is 9.05. The highest BCUT2D eigenvalue weighted by Crippen LogP contribution is 2.38. The Hall–Kier alpha value is -3.07. The molecule has 1 saturated heterocycles. The van der Waals surface area contributed by atoms with Crippen molar-refractivity contribution in [3.05, 3.63) is 66.0 Å². The number of anilines is 1. The fourth-order valence-electron chi connectivity index (χ4n) is 4.42. The molecular weight excluding hydrogens is 484 g/mol.